The molecule has 1 saturated heterocycles. The van der Waals surface area contributed by atoms with E-state index in [1.54, 1.807) is 7.05 Å². The van der Waals surface area contributed by atoms with Crippen molar-refractivity contribution >= 4 is 32.5 Å². The highest BCUT2D eigenvalue weighted by atomic mass is 32.2. The van der Waals surface area contributed by atoms with Crippen LogP contribution in [0, 0.1) is 0 Å². The number of carbonyl (C=O) groups is 1. The van der Waals surface area contributed by atoms with E-state index in [-0.39, 0.29) is 15.5 Å². The second-order valence-electron chi connectivity index (χ2n) is 4.79. The topological polar surface area (TPSA) is 107 Å². The Balaban J connectivity index is 2.37. The highest BCUT2D eigenvalue weighted by Gasteiger charge is 2.44. The quantitative estimate of drug-likeness (QED) is 0.761. The Bertz CT molecular complexity index is 644. The summed E-state index contributed by atoms with van der Waals surface area (Å²) >= 11 is 0.754. The number of hydrogen-bond acceptors (Lipinski definition) is 7. The number of urea groups is 1. The molecular formula is C10H17N5O4S2. The van der Waals surface area contributed by atoms with Gasteiger partial charge in [-0.2, -0.15) is 0 Å². The Morgan fingerprint density at radius 1 is 1.38 bits per heavy atom. The van der Waals surface area contributed by atoms with Crippen LogP contribution in [0.15, 0.2) is 4.34 Å². The lowest BCUT2D eigenvalue weighted by molar-refractivity contribution is 0.126. The molecule has 2 heterocycles. The van der Waals surface area contributed by atoms with Gasteiger partial charge >= 0.3 is 6.03 Å². The largest absolute Gasteiger partial charge is 0.371 e. The van der Waals surface area contributed by atoms with Crippen molar-refractivity contribution in [2.75, 3.05) is 26.0 Å². The number of carbonyl (C=O) groups excluding carboxylic acids is 1. The van der Waals surface area contributed by atoms with Gasteiger partial charge in [0.1, 0.15) is 0 Å². The number of amides is 2. The fourth-order valence-electron chi connectivity index (χ4n) is 2.04. The van der Waals surface area contributed by atoms with Gasteiger partial charge in [-0.25, -0.2) is 22.4 Å². The summed E-state index contributed by atoms with van der Waals surface area (Å²) in [6.07, 6.45) is -0.503. The van der Waals surface area contributed by atoms with Crippen molar-refractivity contribution in [3.05, 3.63) is 0 Å². The van der Waals surface area contributed by atoms with Gasteiger partial charge in [-0.1, -0.05) is 18.3 Å². The summed E-state index contributed by atoms with van der Waals surface area (Å²) in [6.45, 7) is 1.85. The lowest BCUT2D eigenvalue weighted by Crippen LogP contribution is -2.36. The van der Waals surface area contributed by atoms with Crippen molar-refractivity contribution < 1.29 is 18.3 Å². The van der Waals surface area contributed by atoms with E-state index in [9.17, 15) is 18.3 Å². The highest BCUT2D eigenvalue weighted by Crippen LogP contribution is 2.32. The zero-order chi connectivity index (χ0) is 15.9. The molecule has 21 heavy (non-hydrogen) atoms. The summed E-state index contributed by atoms with van der Waals surface area (Å²) < 4.78 is 24.7. The first-order valence-electron chi connectivity index (χ1n) is 6.22. The molecule has 1 aliphatic rings. The zero-order valence-corrected chi connectivity index (χ0v) is 13.7. The summed E-state index contributed by atoms with van der Waals surface area (Å²) in [7, 11) is 0.638. The minimum atomic E-state index is -3.71. The van der Waals surface area contributed by atoms with Gasteiger partial charge in [0.2, 0.25) is 9.47 Å². The molecule has 1 aromatic heterocycles. The first kappa shape index (κ1) is 16.1. The predicted molar refractivity (Wildman–Crippen MR) is 76.5 cm³/mol. The summed E-state index contributed by atoms with van der Waals surface area (Å²) in [5.41, 5.74) is 0. The molecular weight excluding hydrogens is 318 g/mol. The van der Waals surface area contributed by atoms with E-state index in [4.69, 9.17) is 0 Å². The molecule has 2 atom stereocenters. The third-order valence-corrected chi connectivity index (χ3v) is 6.42. The first-order valence-corrected chi connectivity index (χ1v) is 8.47. The fraction of sp³-hybridized carbons (Fsp3) is 0.700. The van der Waals surface area contributed by atoms with Crippen LogP contribution in [-0.2, 0) is 10.0 Å². The number of hydrogen-bond donors (Lipinski definition) is 1. The average Bonchev–Trinajstić information content (AvgIpc) is 2.95. The van der Waals surface area contributed by atoms with Gasteiger partial charge in [-0.15, -0.1) is 10.2 Å². The number of sulfonamides is 1. The molecule has 2 amide bonds. The van der Waals surface area contributed by atoms with E-state index in [2.05, 4.69) is 10.2 Å². The molecule has 0 bridgehead atoms. The van der Waals surface area contributed by atoms with Crippen molar-refractivity contribution in [1.82, 2.24) is 19.4 Å². The second-order valence-corrected chi connectivity index (χ2v) is 8.07. The maximum atomic E-state index is 12.1. The normalized spacial score (nSPS) is 23.4. The number of rotatable bonds is 4. The van der Waals surface area contributed by atoms with Gasteiger partial charge in [0.05, 0.1) is 6.04 Å². The maximum Gasteiger partial charge on any atom is 0.328 e. The van der Waals surface area contributed by atoms with E-state index >= 15 is 0 Å². The van der Waals surface area contributed by atoms with Crippen LogP contribution in [0.25, 0.3) is 0 Å². The fourth-order valence-corrected chi connectivity index (χ4v) is 4.19. The van der Waals surface area contributed by atoms with Crippen molar-refractivity contribution in [3.63, 3.8) is 0 Å². The minimum Gasteiger partial charge on any atom is -0.371 e. The third kappa shape index (κ3) is 2.50. The maximum absolute atomic E-state index is 12.1. The van der Waals surface area contributed by atoms with Gasteiger partial charge in [0, 0.05) is 21.1 Å². The lowest BCUT2D eigenvalue weighted by atomic mass is 10.2. The average molecular weight is 335 g/mol. The van der Waals surface area contributed by atoms with Crippen LogP contribution in [0.1, 0.15) is 13.3 Å². The van der Waals surface area contributed by atoms with E-state index in [1.807, 2.05) is 6.92 Å². The van der Waals surface area contributed by atoms with Gasteiger partial charge in [-0.3, -0.25) is 0 Å². The van der Waals surface area contributed by atoms with E-state index in [1.165, 1.54) is 19.0 Å². The summed E-state index contributed by atoms with van der Waals surface area (Å²) in [6, 6.07) is -0.797. The highest BCUT2D eigenvalue weighted by molar-refractivity contribution is 7.91. The molecule has 0 aliphatic carbocycles. The van der Waals surface area contributed by atoms with Crippen LogP contribution in [0.5, 0.6) is 0 Å². The lowest BCUT2D eigenvalue weighted by Gasteiger charge is -2.18. The van der Waals surface area contributed by atoms with Crippen LogP contribution in [0.2, 0.25) is 0 Å². The van der Waals surface area contributed by atoms with E-state index in [0.717, 1.165) is 20.5 Å². The molecule has 0 aromatic carbocycles. The van der Waals surface area contributed by atoms with Crippen molar-refractivity contribution in [2.45, 2.75) is 30.0 Å². The number of aliphatic hydroxyl groups is 1. The monoisotopic (exact) mass is 335 g/mol. The van der Waals surface area contributed by atoms with Gasteiger partial charge in [-0.05, 0) is 6.42 Å². The number of likely N-dealkylation sites (N-methyl/N-ethyl adjacent to an activating group) is 1. The van der Waals surface area contributed by atoms with Crippen LogP contribution in [-0.4, -0.2) is 72.4 Å². The van der Waals surface area contributed by atoms with Crippen LogP contribution in [0.4, 0.5) is 9.93 Å². The number of aliphatic hydroxyl groups excluding tert-OH is 1. The molecule has 0 saturated carbocycles. The predicted octanol–water partition coefficient (Wildman–Crippen LogP) is -0.243. The Hall–Kier alpha value is -1.30. The Labute approximate surface area is 126 Å². The number of nitrogens with zero attached hydrogens (tertiary/aromatic N) is 5. The van der Waals surface area contributed by atoms with Crippen molar-refractivity contribution in [1.29, 1.82) is 0 Å². The summed E-state index contributed by atoms with van der Waals surface area (Å²) in [5.74, 6) is 0. The molecule has 2 unspecified atom stereocenters. The molecule has 1 aromatic rings. The molecule has 9 nitrogen and oxygen atoms in total. The van der Waals surface area contributed by atoms with E-state index in [0.29, 0.717) is 6.42 Å². The number of aromatic nitrogens is 2. The van der Waals surface area contributed by atoms with E-state index < -0.39 is 22.3 Å². The SMILES string of the molecule is CCC1C(O)N(c2nnc(S(=O)(=O)N(C)C)s2)C(=O)N1C. The minimum absolute atomic E-state index is 0.0655. The second kappa shape index (κ2) is 5.48. The van der Waals surface area contributed by atoms with Crippen molar-refractivity contribution in [2.24, 2.45) is 0 Å². The van der Waals surface area contributed by atoms with Crippen LogP contribution in [0.3, 0.4) is 0 Å². The Morgan fingerprint density at radius 2 is 2.00 bits per heavy atom. The molecule has 0 radical (unpaired) electrons. The molecule has 11 heteroatoms. The van der Waals surface area contributed by atoms with Gasteiger partial charge < -0.3 is 10.0 Å². The van der Waals surface area contributed by atoms with Crippen LogP contribution >= 0.6 is 11.3 Å². The molecule has 2 rings (SSSR count). The van der Waals surface area contributed by atoms with Crippen LogP contribution < -0.4 is 4.90 Å². The van der Waals surface area contributed by atoms with Gasteiger partial charge in [0.25, 0.3) is 10.0 Å². The number of anilines is 1. The molecule has 1 fully saturated rings. The van der Waals surface area contributed by atoms with Crippen molar-refractivity contribution in [3.8, 4) is 0 Å². The Kier molecular flexibility index (Phi) is 4.19. The van der Waals surface area contributed by atoms with Gasteiger partial charge in [0.15, 0.2) is 6.23 Å². The smallest absolute Gasteiger partial charge is 0.328 e. The zero-order valence-electron chi connectivity index (χ0n) is 12.1. The molecule has 0 spiro atoms. The molecule has 1 N–H and O–H groups in total. The summed E-state index contributed by atoms with van der Waals surface area (Å²) in [4.78, 5) is 14.6. The molecule has 118 valence electrons. The first-order chi connectivity index (χ1) is 9.71. The standard InChI is InChI=1S/C10H17N5O4S2/c1-5-6-7(16)15(10(17)14(6)4)8-11-12-9(20-8)21(18,19)13(2)3/h6-7,16H,5H2,1-4H3. The Morgan fingerprint density at radius 3 is 2.48 bits per heavy atom. The third-order valence-electron chi connectivity index (χ3n) is 3.34. The molecule has 1 aliphatic heterocycles. The summed E-state index contributed by atoms with van der Waals surface area (Å²) in [5, 5.41) is 17.6.